The topological polar surface area (TPSA) is 92.5 Å². The van der Waals surface area contributed by atoms with Gasteiger partial charge in [-0.25, -0.2) is 4.39 Å². The highest BCUT2D eigenvalue weighted by Crippen LogP contribution is 2.20. The summed E-state index contributed by atoms with van der Waals surface area (Å²) in [7, 11) is 0. The number of likely N-dealkylation sites (tertiary alicyclic amines) is 1. The summed E-state index contributed by atoms with van der Waals surface area (Å²) in [4.78, 5) is 38.1. The Morgan fingerprint density at radius 2 is 1.79 bits per heavy atom. The van der Waals surface area contributed by atoms with Crippen molar-refractivity contribution in [2.45, 2.75) is 26.3 Å². The van der Waals surface area contributed by atoms with Gasteiger partial charge in [0.2, 0.25) is 11.8 Å². The smallest absolute Gasteiger partial charge is 0.253 e. The quantitative estimate of drug-likeness (QED) is 0.811. The van der Waals surface area contributed by atoms with Gasteiger partial charge in [0.15, 0.2) is 0 Å². The molecule has 3 N–H and O–H groups in total. The number of carbonyl (C=O) groups is 3. The highest BCUT2D eigenvalue weighted by atomic mass is 19.1. The average Bonchev–Trinajstić information content (AvgIpc) is 2.74. The van der Waals surface area contributed by atoms with Crippen molar-refractivity contribution in [3.63, 3.8) is 0 Å². The number of nitrogens with zero attached hydrogens (tertiary/aromatic N) is 1. The number of nitrogens with two attached hydrogens (primary N) is 1. The fraction of sp³-hybridized carbons (Fsp3) is 0.318. The normalized spacial score (nSPS) is 14.5. The van der Waals surface area contributed by atoms with Gasteiger partial charge in [0.05, 0.1) is 0 Å². The van der Waals surface area contributed by atoms with Crippen LogP contribution in [-0.2, 0) is 11.3 Å². The van der Waals surface area contributed by atoms with Gasteiger partial charge >= 0.3 is 0 Å². The van der Waals surface area contributed by atoms with Crippen LogP contribution in [0.15, 0.2) is 42.5 Å². The van der Waals surface area contributed by atoms with Gasteiger partial charge in [0.1, 0.15) is 5.82 Å². The maximum Gasteiger partial charge on any atom is 0.253 e. The number of primary amides is 1. The molecule has 1 fully saturated rings. The van der Waals surface area contributed by atoms with Crippen molar-refractivity contribution in [2.24, 2.45) is 11.7 Å². The van der Waals surface area contributed by atoms with Crippen LogP contribution in [0.4, 0.5) is 4.39 Å². The zero-order valence-electron chi connectivity index (χ0n) is 16.3. The molecule has 1 heterocycles. The maximum atomic E-state index is 13.6. The van der Waals surface area contributed by atoms with E-state index in [9.17, 15) is 18.8 Å². The number of benzene rings is 2. The third-order valence-electron chi connectivity index (χ3n) is 5.25. The van der Waals surface area contributed by atoms with Crippen molar-refractivity contribution >= 4 is 17.7 Å². The van der Waals surface area contributed by atoms with Crippen molar-refractivity contribution in [2.75, 3.05) is 13.1 Å². The molecule has 3 rings (SSSR count). The molecule has 7 heteroatoms. The lowest BCUT2D eigenvalue weighted by atomic mass is 9.95. The van der Waals surface area contributed by atoms with Crippen LogP contribution in [0.25, 0.3) is 0 Å². The summed E-state index contributed by atoms with van der Waals surface area (Å²) in [6.07, 6.45) is 1.10. The molecule has 0 radical (unpaired) electrons. The molecular weight excluding hydrogens is 373 g/mol. The van der Waals surface area contributed by atoms with E-state index in [0.717, 1.165) is 0 Å². The van der Waals surface area contributed by atoms with E-state index in [1.54, 1.807) is 42.2 Å². The van der Waals surface area contributed by atoms with E-state index in [2.05, 4.69) is 5.32 Å². The largest absolute Gasteiger partial charge is 0.366 e. The summed E-state index contributed by atoms with van der Waals surface area (Å²) in [6.45, 7) is 2.87. The van der Waals surface area contributed by atoms with Crippen molar-refractivity contribution in [3.05, 3.63) is 70.5 Å². The van der Waals surface area contributed by atoms with Gasteiger partial charge in [0, 0.05) is 36.7 Å². The zero-order valence-corrected chi connectivity index (χ0v) is 16.3. The van der Waals surface area contributed by atoms with E-state index in [4.69, 9.17) is 5.73 Å². The highest BCUT2D eigenvalue weighted by molar-refractivity contribution is 5.99. The van der Waals surface area contributed by atoms with Crippen molar-refractivity contribution in [1.82, 2.24) is 10.2 Å². The number of hydrogen-bond donors (Lipinski definition) is 2. The van der Waals surface area contributed by atoms with Crippen LogP contribution in [0.5, 0.6) is 0 Å². The molecule has 29 heavy (non-hydrogen) atoms. The molecule has 0 aromatic heterocycles. The molecule has 0 saturated carbocycles. The minimum absolute atomic E-state index is 0.0891. The van der Waals surface area contributed by atoms with Gasteiger partial charge in [-0.1, -0.05) is 18.2 Å². The van der Waals surface area contributed by atoms with Crippen LogP contribution < -0.4 is 11.1 Å². The minimum Gasteiger partial charge on any atom is -0.366 e. The first-order valence-corrected chi connectivity index (χ1v) is 9.57. The van der Waals surface area contributed by atoms with Crippen molar-refractivity contribution < 1.29 is 18.8 Å². The van der Waals surface area contributed by atoms with Gasteiger partial charge in [-0.2, -0.15) is 0 Å². The number of piperidine rings is 1. The predicted octanol–water partition coefficient (Wildman–Crippen LogP) is 2.40. The van der Waals surface area contributed by atoms with Crippen molar-refractivity contribution in [3.8, 4) is 0 Å². The molecule has 1 saturated heterocycles. The van der Waals surface area contributed by atoms with Crippen LogP contribution in [0.3, 0.4) is 0 Å². The zero-order chi connectivity index (χ0) is 21.0. The molecule has 6 nitrogen and oxygen atoms in total. The van der Waals surface area contributed by atoms with Gasteiger partial charge in [-0.3, -0.25) is 14.4 Å². The number of halogens is 1. The van der Waals surface area contributed by atoms with E-state index in [1.165, 1.54) is 12.1 Å². The van der Waals surface area contributed by atoms with Crippen LogP contribution in [-0.4, -0.2) is 35.7 Å². The molecule has 0 atom stereocenters. The minimum atomic E-state index is -0.580. The first-order valence-electron chi connectivity index (χ1n) is 9.57. The van der Waals surface area contributed by atoms with Crippen LogP contribution in [0, 0.1) is 18.7 Å². The second kappa shape index (κ2) is 8.86. The Bertz CT molecular complexity index is 937. The van der Waals surface area contributed by atoms with E-state index < -0.39 is 5.91 Å². The summed E-state index contributed by atoms with van der Waals surface area (Å²) in [5.41, 5.74) is 7.25. The number of hydrogen-bond acceptors (Lipinski definition) is 3. The molecule has 2 aromatic rings. The fourth-order valence-electron chi connectivity index (χ4n) is 3.41. The summed E-state index contributed by atoms with van der Waals surface area (Å²) < 4.78 is 13.6. The molecule has 0 bridgehead atoms. The first kappa shape index (κ1) is 20.5. The van der Waals surface area contributed by atoms with Crippen LogP contribution in [0.2, 0.25) is 0 Å². The summed E-state index contributed by atoms with van der Waals surface area (Å²) in [5.74, 6) is -1.32. The van der Waals surface area contributed by atoms with Gasteiger partial charge in [-0.05, 0) is 55.2 Å². The van der Waals surface area contributed by atoms with Crippen LogP contribution in [0.1, 0.15) is 44.7 Å². The third kappa shape index (κ3) is 4.99. The summed E-state index contributed by atoms with van der Waals surface area (Å²) in [6, 6.07) is 11.2. The molecule has 1 aliphatic rings. The first-order chi connectivity index (χ1) is 13.8. The SMILES string of the molecule is Cc1ccc(CNC(=O)C2CCN(C(=O)c3cccc(C(N)=O)c3)CC2)cc1F. The van der Waals surface area contributed by atoms with E-state index in [-0.39, 0.29) is 35.7 Å². The fourth-order valence-corrected chi connectivity index (χ4v) is 3.41. The predicted molar refractivity (Wildman–Crippen MR) is 107 cm³/mol. The Labute approximate surface area is 168 Å². The number of nitrogens with one attached hydrogen (secondary N) is 1. The Balaban J connectivity index is 1.52. The number of amides is 3. The molecule has 1 aliphatic heterocycles. The van der Waals surface area contributed by atoms with Crippen LogP contribution >= 0.6 is 0 Å². The lowest BCUT2D eigenvalue weighted by molar-refractivity contribution is -0.126. The second-order valence-electron chi connectivity index (χ2n) is 7.31. The van der Waals surface area contributed by atoms with Gasteiger partial charge in [0.25, 0.3) is 5.91 Å². The molecule has 2 aromatic carbocycles. The van der Waals surface area contributed by atoms with Gasteiger partial charge in [-0.15, -0.1) is 0 Å². The average molecular weight is 397 g/mol. The molecule has 0 spiro atoms. The molecular formula is C22H24FN3O3. The highest BCUT2D eigenvalue weighted by Gasteiger charge is 2.28. The number of rotatable bonds is 5. The molecule has 3 amide bonds. The van der Waals surface area contributed by atoms with E-state index >= 15 is 0 Å². The Morgan fingerprint density at radius 1 is 1.10 bits per heavy atom. The maximum absolute atomic E-state index is 13.6. The summed E-state index contributed by atoms with van der Waals surface area (Å²) in [5, 5.41) is 2.85. The standard InChI is InChI=1S/C22H24FN3O3/c1-14-5-6-15(11-19(14)23)13-25-21(28)16-7-9-26(10-8-16)22(29)18-4-2-3-17(12-18)20(24)27/h2-6,11-12,16H,7-10,13H2,1H3,(H2,24,27)(H,25,28). The molecule has 152 valence electrons. The number of aryl methyl sites for hydroxylation is 1. The monoisotopic (exact) mass is 397 g/mol. The Hall–Kier alpha value is -3.22. The Kier molecular flexibility index (Phi) is 6.26. The Morgan fingerprint density at radius 3 is 2.45 bits per heavy atom. The third-order valence-corrected chi connectivity index (χ3v) is 5.25. The number of carbonyl (C=O) groups excluding carboxylic acids is 3. The van der Waals surface area contributed by atoms with Crippen molar-refractivity contribution in [1.29, 1.82) is 0 Å². The summed E-state index contributed by atoms with van der Waals surface area (Å²) >= 11 is 0. The molecule has 0 unspecified atom stereocenters. The van der Waals surface area contributed by atoms with E-state index in [1.807, 2.05) is 0 Å². The second-order valence-corrected chi connectivity index (χ2v) is 7.31. The van der Waals surface area contributed by atoms with Gasteiger partial charge < -0.3 is 16.0 Å². The lowest BCUT2D eigenvalue weighted by Crippen LogP contribution is -2.43. The molecule has 0 aliphatic carbocycles. The van der Waals surface area contributed by atoms with E-state index in [0.29, 0.717) is 42.6 Å². The lowest BCUT2D eigenvalue weighted by Gasteiger charge is -2.31.